The topological polar surface area (TPSA) is 140 Å². The summed E-state index contributed by atoms with van der Waals surface area (Å²) in [6.07, 6.45) is 6.57. The average Bonchev–Trinajstić information content (AvgIpc) is 3.39. The summed E-state index contributed by atoms with van der Waals surface area (Å²) in [7, 11) is 0. The quantitative estimate of drug-likeness (QED) is 0.308. The highest BCUT2D eigenvalue weighted by Gasteiger charge is 2.21. The molecule has 0 bridgehead atoms. The van der Waals surface area contributed by atoms with Crippen molar-refractivity contribution in [2.24, 2.45) is 0 Å². The Hall–Kier alpha value is -4.12. The second-order valence-electron chi connectivity index (χ2n) is 10.5. The highest BCUT2D eigenvalue weighted by Crippen LogP contribution is 2.27. The van der Waals surface area contributed by atoms with Gasteiger partial charge in [0.15, 0.2) is 11.6 Å². The summed E-state index contributed by atoms with van der Waals surface area (Å²) in [5.41, 5.74) is 3.08. The third-order valence-electron chi connectivity index (χ3n) is 6.38. The number of aromatic nitrogens is 5. The summed E-state index contributed by atoms with van der Waals surface area (Å²) in [6, 6.07) is 7.14. The summed E-state index contributed by atoms with van der Waals surface area (Å²) < 4.78 is 11.2. The van der Waals surface area contributed by atoms with Crippen molar-refractivity contribution >= 4 is 40.2 Å². The number of anilines is 4. The van der Waals surface area contributed by atoms with E-state index in [0.29, 0.717) is 46.5 Å². The number of aryl methyl sites for hydroxylation is 1. The minimum absolute atomic E-state index is 0.154. The molecule has 1 amide bonds. The Morgan fingerprint density at radius 3 is 2.76 bits per heavy atom. The molecule has 0 radical (unpaired) electrons. The van der Waals surface area contributed by atoms with Crippen LogP contribution in [0.5, 0.6) is 0 Å². The van der Waals surface area contributed by atoms with Crippen LogP contribution in [0.4, 0.5) is 23.3 Å². The lowest BCUT2D eigenvalue weighted by Gasteiger charge is -2.22. The minimum Gasteiger partial charge on any atom is -0.376 e. The number of nitrogens with one attached hydrogen (secondary N) is 3. The first-order chi connectivity index (χ1) is 18.3. The number of rotatable bonds is 7. The molecule has 1 aliphatic rings. The molecule has 38 heavy (non-hydrogen) atoms. The Morgan fingerprint density at radius 2 is 2.00 bits per heavy atom. The monoisotopic (exact) mass is 516 g/mol. The van der Waals surface area contributed by atoms with E-state index >= 15 is 0 Å². The number of hydrogen-bond donors (Lipinski definition) is 3. The maximum absolute atomic E-state index is 13.0. The van der Waals surface area contributed by atoms with Gasteiger partial charge in [0.25, 0.3) is 5.91 Å². The van der Waals surface area contributed by atoms with Gasteiger partial charge in [-0.15, -0.1) is 0 Å². The molecule has 11 nitrogen and oxygen atoms in total. The van der Waals surface area contributed by atoms with Crippen LogP contribution in [-0.2, 0) is 10.2 Å². The fourth-order valence-corrected chi connectivity index (χ4v) is 4.11. The van der Waals surface area contributed by atoms with Crippen LogP contribution in [0.2, 0.25) is 0 Å². The van der Waals surface area contributed by atoms with Crippen molar-refractivity contribution in [3.63, 3.8) is 0 Å². The Kier molecular flexibility index (Phi) is 7.19. The number of carbonyl (C=O) groups is 1. The molecule has 0 saturated carbocycles. The van der Waals surface area contributed by atoms with E-state index in [0.717, 1.165) is 30.7 Å². The zero-order valence-electron chi connectivity index (χ0n) is 22.0. The summed E-state index contributed by atoms with van der Waals surface area (Å²) in [6.45, 7) is 9.43. The summed E-state index contributed by atoms with van der Waals surface area (Å²) >= 11 is 0. The predicted octanol–water partition coefficient (Wildman–Crippen LogP) is 4.99. The van der Waals surface area contributed by atoms with Gasteiger partial charge in [-0.1, -0.05) is 32.0 Å². The fourth-order valence-electron chi connectivity index (χ4n) is 4.11. The molecule has 1 atom stereocenters. The van der Waals surface area contributed by atoms with Gasteiger partial charge in [-0.05, 0) is 43.9 Å². The number of amides is 1. The lowest BCUT2D eigenvalue weighted by atomic mass is 9.93. The molecule has 1 fully saturated rings. The van der Waals surface area contributed by atoms with Gasteiger partial charge in [0.2, 0.25) is 5.95 Å². The second kappa shape index (κ2) is 10.7. The van der Waals surface area contributed by atoms with Crippen molar-refractivity contribution < 1.29 is 14.1 Å². The van der Waals surface area contributed by atoms with Crippen molar-refractivity contribution in [1.29, 1.82) is 0 Å². The molecule has 198 valence electrons. The van der Waals surface area contributed by atoms with E-state index in [4.69, 9.17) is 9.26 Å². The number of hydrogen-bond acceptors (Lipinski definition) is 10. The van der Waals surface area contributed by atoms with Crippen molar-refractivity contribution in [3.05, 3.63) is 53.7 Å². The highest BCUT2D eigenvalue weighted by atomic mass is 16.5. The van der Waals surface area contributed by atoms with Crippen LogP contribution in [0.1, 0.15) is 61.7 Å². The number of nitrogens with zero attached hydrogens (tertiary/aromatic N) is 5. The molecule has 0 spiro atoms. The zero-order valence-corrected chi connectivity index (χ0v) is 22.0. The van der Waals surface area contributed by atoms with E-state index < -0.39 is 0 Å². The van der Waals surface area contributed by atoms with Crippen LogP contribution in [0, 0.1) is 6.92 Å². The molecule has 5 rings (SSSR count). The largest absolute Gasteiger partial charge is 0.376 e. The fraction of sp³-hybridized carbons (Fsp3) is 0.407. The van der Waals surface area contributed by atoms with Gasteiger partial charge in [0.1, 0.15) is 23.1 Å². The molecule has 1 saturated heterocycles. The van der Waals surface area contributed by atoms with Crippen LogP contribution in [-0.4, -0.2) is 50.3 Å². The SMILES string of the molecule is Cc1ccc(C(=O)Nc2cc(C(C)(C)C)on2)cc1Nc1ncnc2cnc(NCC3CCCCO3)nc12. The van der Waals surface area contributed by atoms with Crippen LogP contribution in [0.25, 0.3) is 11.0 Å². The van der Waals surface area contributed by atoms with E-state index in [-0.39, 0.29) is 17.4 Å². The molecular formula is C27H32N8O3. The molecular weight excluding hydrogens is 484 g/mol. The van der Waals surface area contributed by atoms with Crippen LogP contribution in [0.15, 0.2) is 41.3 Å². The smallest absolute Gasteiger partial charge is 0.256 e. The molecule has 4 aromatic rings. The first-order valence-corrected chi connectivity index (χ1v) is 12.8. The van der Waals surface area contributed by atoms with E-state index in [9.17, 15) is 4.79 Å². The summed E-state index contributed by atoms with van der Waals surface area (Å²) in [5, 5.41) is 13.4. The van der Waals surface area contributed by atoms with Gasteiger partial charge in [0.05, 0.1) is 12.3 Å². The molecule has 1 unspecified atom stereocenters. The third-order valence-corrected chi connectivity index (χ3v) is 6.38. The Balaban J connectivity index is 1.34. The van der Waals surface area contributed by atoms with Crippen LogP contribution in [0.3, 0.4) is 0 Å². The van der Waals surface area contributed by atoms with Gasteiger partial charge in [-0.3, -0.25) is 4.79 Å². The van der Waals surface area contributed by atoms with E-state index in [1.54, 1.807) is 24.4 Å². The number of ether oxygens (including phenoxy) is 1. The molecule has 11 heteroatoms. The van der Waals surface area contributed by atoms with Crippen molar-refractivity contribution in [3.8, 4) is 0 Å². The van der Waals surface area contributed by atoms with Gasteiger partial charge in [-0.2, -0.15) is 0 Å². The van der Waals surface area contributed by atoms with Crippen molar-refractivity contribution in [2.45, 2.75) is 58.5 Å². The molecule has 0 aliphatic carbocycles. The van der Waals surface area contributed by atoms with Crippen LogP contribution >= 0.6 is 0 Å². The first kappa shape index (κ1) is 25.5. The Morgan fingerprint density at radius 1 is 1.13 bits per heavy atom. The molecule has 1 aliphatic heterocycles. The van der Waals surface area contributed by atoms with E-state index in [1.165, 1.54) is 12.7 Å². The third kappa shape index (κ3) is 5.88. The normalized spacial score (nSPS) is 15.8. The minimum atomic E-state index is -0.298. The van der Waals surface area contributed by atoms with Gasteiger partial charge >= 0.3 is 0 Å². The Bertz CT molecular complexity index is 1440. The molecule has 3 N–H and O–H groups in total. The Labute approximate surface area is 220 Å². The average molecular weight is 517 g/mol. The lowest BCUT2D eigenvalue weighted by molar-refractivity contribution is 0.0247. The number of fused-ring (bicyclic) bond motifs is 1. The molecule has 1 aromatic carbocycles. The number of benzene rings is 1. The van der Waals surface area contributed by atoms with E-state index in [1.807, 2.05) is 33.8 Å². The summed E-state index contributed by atoms with van der Waals surface area (Å²) in [4.78, 5) is 30.7. The van der Waals surface area contributed by atoms with Gasteiger partial charge in [0, 0.05) is 35.9 Å². The maximum atomic E-state index is 13.0. The summed E-state index contributed by atoms with van der Waals surface area (Å²) in [5.74, 6) is 1.76. The van der Waals surface area contributed by atoms with Gasteiger partial charge in [-0.25, -0.2) is 19.9 Å². The lowest BCUT2D eigenvalue weighted by Crippen LogP contribution is -2.27. The standard InChI is InChI=1S/C27H32N8O3/c1-16-8-9-17(25(36)33-22-12-21(38-35-22)27(2,3)4)11-19(16)32-24-23-20(30-15-31-24)14-29-26(34-23)28-13-18-7-5-6-10-37-18/h8-9,11-12,14-15,18H,5-7,10,13H2,1-4H3,(H,28,29,34)(H,30,31,32)(H,33,35,36). The first-order valence-electron chi connectivity index (χ1n) is 12.8. The van der Waals surface area contributed by atoms with Crippen molar-refractivity contribution in [2.75, 3.05) is 29.1 Å². The molecule has 3 aromatic heterocycles. The van der Waals surface area contributed by atoms with Gasteiger partial charge < -0.3 is 25.2 Å². The highest BCUT2D eigenvalue weighted by molar-refractivity contribution is 6.04. The second-order valence-corrected chi connectivity index (χ2v) is 10.5. The zero-order chi connectivity index (χ0) is 26.7. The van der Waals surface area contributed by atoms with Crippen LogP contribution < -0.4 is 16.0 Å². The maximum Gasteiger partial charge on any atom is 0.256 e. The molecule has 4 heterocycles. The number of carbonyl (C=O) groups excluding carboxylic acids is 1. The van der Waals surface area contributed by atoms with Crippen molar-refractivity contribution in [1.82, 2.24) is 25.1 Å². The predicted molar refractivity (Wildman–Crippen MR) is 145 cm³/mol. The van der Waals surface area contributed by atoms with E-state index in [2.05, 4.69) is 41.0 Å².